The van der Waals surface area contributed by atoms with E-state index in [0.717, 1.165) is 0 Å². The molecule has 0 amide bonds. The van der Waals surface area contributed by atoms with E-state index < -0.39 is 5.69 Å². The first kappa shape index (κ1) is 9.97. The fourth-order valence-corrected chi connectivity index (χ4v) is 0.745. The lowest BCUT2D eigenvalue weighted by Gasteiger charge is -1.98. The van der Waals surface area contributed by atoms with Gasteiger partial charge in [0.25, 0.3) is 0 Å². The molecule has 0 atom stereocenters. The standard InChI is InChI=1S/C6H8N2O2.ClH/c1-4-3-5(2)8(10)6(9)7-4;/h3,10H,1-2H3;1H. The molecule has 62 valence electrons. The molecule has 0 aliphatic heterocycles. The fraction of sp³-hybridized carbons (Fsp3) is 0.333. The van der Waals surface area contributed by atoms with Crippen molar-refractivity contribution in [3.05, 3.63) is 27.9 Å². The molecule has 1 rings (SSSR count). The molecule has 11 heavy (non-hydrogen) atoms. The largest absolute Gasteiger partial charge is 0.424 e. The second-order valence-corrected chi connectivity index (χ2v) is 2.13. The fourth-order valence-electron chi connectivity index (χ4n) is 0.745. The van der Waals surface area contributed by atoms with Gasteiger partial charge < -0.3 is 5.21 Å². The highest BCUT2D eigenvalue weighted by molar-refractivity contribution is 5.85. The lowest BCUT2D eigenvalue weighted by atomic mass is 10.4. The highest BCUT2D eigenvalue weighted by atomic mass is 35.5. The molecular weight excluding hydrogens is 168 g/mol. The van der Waals surface area contributed by atoms with Gasteiger partial charge >= 0.3 is 5.69 Å². The summed E-state index contributed by atoms with van der Waals surface area (Å²) >= 11 is 0. The van der Waals surface area contributed by atoms with E-state index >= 15 is 0 Å². The molecule has 0 aromatic carbocycles. The Hall–Kier alpha value is -1.03. The van der Waals surface area contributed by atoms with Crippen molar-refractivity contribution in [2.45, 2.75) is 13.8 Å². The Bertz CT molecular complexity index is 308. The molecule has 0 unspecified atom stereocenters. The summed E-state index contributed by atoms with van der Waals surface area (Å²) in [7, 11) is 0. The van der Waals surface area contributed by atoms with Crippen LogP contribution < -0.4 is 5.69 Å². The first-order valence-electron chi connectivity index (χ1n) is 2.88. The van der Waals surface area contributed by atoms with Crippen LogP contribution in [0.25, 0.3) is 0 Å². The van der Waals surface area contributed by atoms with E-state index in [1.165, 1.54) is 0 Å². The quantitative estimate of drug-likeness (QED) is 0.587. The molecule has 1 aromatic heterocycles. The first-order valence-corrected chi connectivity index (χ1v) is 2.88. The Balaban J connectivity index is 0.000001000. The second kappa shape index (κ2) is 3.39. The van der Waals surface area contributed by atoms with E-state index in [-0.39, 0.29) is 12.4 Å². The molecule has 0 aliphatic carbocycles. The van der Waals surface area contributed by atoms with Gasteiger partial charge in [-0.25, -0.2) is 4.79 Å². The van der Waals surface area contributed by atoms with Gasteiger partial charge in [-0.1, -0.05) is 0 Å². The Morgan fingerprint density at radius 2 is 2.09 bits per heavy atom. The van der Waals surface area contributed by atoms with E-state index in [1.807, 2.05) is 0 Å². The maximum atomic E-state index is 10.7. The minimum atomic E-state index is -0.627. The second-order valence-electron chi connectivity index (χ2n) is 2.13. The summed E-state index contributed by atoms with van der Waals surface area (Å²) in [5, 5.41) is 8.87. The van der Waals surface area contributed by atoms with Crippen LogP contribution in [0.5, 0.6) is 0 Å². The van der Waals surface area contributed by atoms with Crippen LogP contribution in [0.3, 0.4) is 0 Å². The summed E-state index contributed by atoms with van der Waals surface area (Å²) in [5.41, 5.74) is 0.489. The van der Waals surface area contributed by atoms with Gasteiger partial charge in [0.2, 0.25) is 0 Å². The summed E-state index contributed by atoms with van der Waals surface area (Å²) in [6.45, 7) is 3.34. The molecule has 0 saturated heterocycles. The van der Waals surface area contributed by atoms with Crippen molar-refractivity contribution in [3.8, 4) is 0 Å². The molecular formula is C6H9ClN2O2. The Morgan fingerprint density at radius 3 is 2.55 bits per heavy atom. The van der Waals surface area contributed by atoms with Gasteiger partial charge in [0.15, 0.2) is 0 Å². The number of nitrogens with zero attached hydrogens (tertiary/aromatic N) is 2. The Morgan fingerprint density at radius 1 is 1.55 bits per heavy atom. The smallest absolute Gasteiger partial charge is 0.380 e. The van der Waals surface area contributed by atoms with Crippen molar-refractivity contribution in [3.63, 3.8) is 0 Å². The van der Waals surface area contributed by atoms with Gasteiger partial charge in [-0.05, 0) is 19.9 Å². The third kappa shape index (κ3) is 1.94. The average molecular weight is 177 g/mol. The first-order chi connectivity index (χ1) is 4.61. The van der Waals surface area contributed by atoms with Crippen LogP contribution in [0.1, 0.15) is 11.4 Å². The van der Waals surface area contributed by atoms with Gasteiger partial charge in [0.05, 0.1) is 5.69 Å². The topological polar surface area (TPSA) is 55.1 Å². The van der Waals surface area contributed by atoms with E-state index in [0.29, 0.717) is 16.1 Å². The zero-order chi connectivity index (χ0) is 7.72. The predicted molar refractivity (Wildman–Crippen MR) is 42.4 cm³/mol. The molecule has 0 saturated carbocycles. The van der Waals surface area contributed by atoms with Crippen LogP contribution >= 0.6 is 12.4 Å². The molecule has 0 spiro atoms. The number of hydrogen-bond donors (Lipinski definition) is 1. The molecule has 4 nitrogen and oxygen atoms in total. The maximum Gasteiger partial charge on any atom is 0.380 e. The normalized spacial score (nSPS) is 8.91. The van der Waals surface area contributed by atoms with Gasteiger partial charge in [-0.3, -0.25) is 0 Å². The number of rotatable bonds is 0. The minimum absolute atomic E-state index is 0. The third-order valence-corrected chi connectivity index (χ3v) is 1.21. The number of aromatic nitrogens is 2. The SMILES string of the molecule is Cc1cc(C)n(O)c(=O)n1.Cl. The molecule has 1 heterocycles. The molecule has 5 heteroatoms. The molecule has 0 aliphatic rings. The van der Waals surface area contributed by atoms with Crippen LogP contribution in [-0.2, 0) is 0 Å². The highest BCUT2D eigenvalue weighted by Gasteiger charge is 1.97. The van der Waals surface area contributed by atoms with E-state index in [9.17, 15) is 4.79 Å². The molecule has 1 N–H and O–H groups in total. The summed E-state index contributed by atoms with van der Waals surface area (Å²) in [6.07, 6.45) is 0. The van der Waals surface area contributed by atoms with Crippen molar-refractivity contribution in [2.75, 3.05) is 0 Å². The number of hydrogen-bond acceptors (Lipinski definition) is 3. The number of aryl methyl sites for hydroxylation is 2. The molecule has 0 fully saturated rings. The zero-order valence-electron chi connectivity index (χ0n) is 6.24. The van der Waals surface area contributed by atoms with Crippen LogP contribution in [0, 0.1) is 13.8 Å². The predicted octanol–water partition coefficient (Wildman–Crippen LogP) is 0.519. The van der Waals surface area contributed by atoms with Crippen LogP contribution in [-0.4, -0.2) is 14.9 Å². The van der Waals surface area contributed by atoms with Crippen molar-refractivity contribution in [2.24, 2.45) is 0 Å². The highest BCUT2D eigenvalue weighted by Crippen LogP contribution is 1.92. The monoisotopic (exact) mass is 176 g/mol. The zero-order valence-corrected chi connectivity index (χ0v) is 7.05. The average Bonchev–Trinajstić information content (AvgIpc) is 1.82. The number of halogens is 1. The summed E-state index contributed by atoms with van der Waals surface area (Å²) < 4.78 is 0.521. The van der Waals surface area contributed by atoms with Crippen molar-refractivity contribution in [1.29, 1.82) is 0 Å². The van der Waals surface area contributed by atoms with Gasteiger partial charge in [0.1, 0.15) is 0 Å². The van der Waals surface area contributed by atoms with Gasteiger partial charge in [0, 0.05) is 5.69 Å². The van der Waals surface area contributed by atoms with E-state index in [4.69, 9.17) is 5.21 Å². The molecule has 0 bridgehead atoms. The van der Waals surface area contributed by atoms with Crippen LogP contribution in [0.2, 0.25) is 0 Å². The van der Waals surface area contributed by atoms with Crippen LogP contribution in [0.4, 0.5) is 0 Å². The maximum absolute atomic E-state index is 10.7. The summed E-state index contributed by atoms with van der Waals surface area (Å²) in [4.78, 5) is 14.2. The van der Waals surface area contributed by atoms with Gasteiger partial charge in [-0.2, -0.15) is 4.98 Å². The Labute approximate surface area is 69.9 Å². The van der Waals surface area contributed by atoms with Crippen LogP contribution in [0.15, 0.2) is 10.9 Å². The van der Waals surface area contributed by atoms with Gasteiger partial charge in [-0.15, -0.1) is 17.1 Å². The summed E-state index contributed by atoms with van der Waals surface area (Å²) in [6, 6.07) is 1.63. The third-order valence-electron chi connectivity index (χ3n) is 1.21. The van der Waals surface area contributed by atoms with Crippen molar-refractivity contribution >= 4 is 12.4 Å². The Kier molecular flexibility index (Phi) is 3.07. The van der Waals surface area contributed by atoms with Crippen molar-refractivity contribution < 1.29 is 5.21 Å². The van der Waals surface area contributed by atoms with E-state index in [1.54, 1.807) is 19.9 Å². The lowest BCUT2D eigenvalue weighted by molar-refractivity contribution is 0.163. The van der Waals surface area contributed by atoms with E-state index in [2.05, 4.69) is 4.98 Å². The lowest BCUT2D eigenvalue weighted by Crippen LogP contribution is -2.23. The molecule has 0 radical (unpaired) electrons. The molecule has 1 aromatic rings. The minimum Gasteiger partial charge on any atom is -0.424 e. The van der Waals surface area contributed by atoms with Crippen molar-refractivity contribution in [1.82, 2.24) is 9.71 Å². The summed E-state index contributed by atoms with van der Waals surface area (Å²) in [5.74, 6) is 0.